The molecule has 7 nitrogen and oxygen atoms in total. The van der Waals surface area contributed by atoms with E-state index in [2.05, 4.69) is 9.46 Å². The van der Waals surface area contributed by atoms with E-state index in [0.29, 0.717) is 37.1 Å². The molecule has 1 saturated heterocycles. The van der Waals surface area contributed by atoms with E-state index in [1.165, 1.54) is 18.2 Å². The second-order valence-corrected chi connectivity index (χ2v) is 9.22. The van der Waals surface area contributed by atoms with E-state index in [9.17, 15) is 26.4 Å². The highest BCUT2D eigenvalue weighted by Crippen LogP contribution is 2.28. The number of rotatable bonds is 7. The number of carbonyl (C=O) groups is 1. The van der Waals surface area contributed by atoms with Gasteiger partial charge in [0.25, 0.3) is 5.91 Å². The van der Waals surface area contributed by atoms with Crippen molar-refractivity contribution in [3.05, 3.63) is 59.7 Å². The van der Waals surface area contributed by atoms with Crippen LogP contribution in [-0.4, -0.2) is 51.0 Å². The minimum absolute atomic E-state index is 0.0106. The number of ether oxygens (including phenoxy) is 2. The predicted octanol–water partition coefficient (Wildman–Crippen LogP) is 3.32. The highest BCUT2D eigenvalue weighted by Gasteiger charge is 2.31. The molecule has 11 heteroatoms. The van der Waals surface area contributed by atoms with Gasteiger partial charge < -0.3 is 14.4 Å². The van der Waals surface area contributed by atoms with Gasteiger partial charge in [0.1, 0.15) is 17.6 Å². The molecule has 1 aliphatic heterocycles. The number of alkyl halides is 3. The molecule has 0 unspecified atom stereocenters. The summed E-state index contributed by atoms with van der Waals surface area (Å²) in [6.07, 6.45) is -2.99. The van der Waals surface area contributed by atoms with Gasteiger partial charge >= 0.3 is 6.36 Å². The van der Waals surface area contributed by atoms with Gasteiger partial charge in [-0.25, -0.2) is 13.1 Å². The van der Waals surface area contributed by atoms with Gasteiger partial charge in [-0.1, -0.05) is 24.3 Å². The summed E-state index contributed by atoms with van der Waals surface area (Å²) in [7, 11) is -3.40. The molecule has 32 heavy (non-hydrogen) atoms. The van der Waals surface area contributed by atoms with Gasteiger partial charge in [0, 0.05) is 44.1 Å². The molecule has 174 valence electrons. The maximum absolute atomic E-state index is 13.0. The summed E-state index contributed by atoms with van der Waals surface area (Å²) in [5.74, 6) is -0.314. The van der Waals surface area contributed by atoms with Gasteiger partial charge in [-0.15, -0.1) is 13.2 Å². The van der Waals surface area contributed by atoms with E-state index in [1.54, 1.807) is 35.2 Å². The standard InChI is InChI=1S/C21H23F3N2O5S/c1-32(28,29)25-14-15-5-2-3-8-19(15)20(27)26-11-9-16(10-12-26)30-17-6-4-7-18(13-17)31-21(22,23)24/h2-8,13,16,25H,9-12,14H2,1H3. The minimum Gasteiger partial charge on any atom is -0.490 e. The van der Waals surface area contributed by atoms with Crippen LogP contribution < -0.4 is 14.2 Å². The second-order valence-electron chi connectivity index (χ2n) is 7.38. The lowest BCUT2D eigenvalue weighted by molar-refractivity contribution is -0.274. The van der Waals surface area contributed by atoms with Crippen molar-refractivity contribution >= 4 is 15.9 Å². The first-order valence-electron chi connectivity index (χ1n) is 9.84. The predicted molar refractivity (Wildman–Crippen MR) is 111 cm³/mol. The van der Waals surface area contributed by atoms with Gasteiger partial charge in [-0.2, -0.15) is 0 Å². The average molecular weight is 472 g/mol. The molecule has 1 aliphatic rings. The van der Waals surface area contributed by atoms with Crippen LogP contribution in [0.25, 0.3) is 0 Å². The molecule has 1 fully saturated rings. The smallest absolute Gasteiger partial charge is 0.490 e. The molecule has 0 bridgehead atoms. The Bertz CT molecular complexity index is 1050. The molecule has 1 heterocycles. The number of piperidine rings is 1. The van der Waals surface area contributed by atoms with Gasteiger partial charge in [-0.05, 0) is 23.8 Å². The van der Waals surface area contributed by atoms with Crippen LogP contribution in [0.1, 0.15) is 28.8 Å². The zero-order valence-electron chi connectivity index (χ0n) is 17.3. The molecule has 1 N–H and O–H groups in total. The summed E-state index contributed by atoms with van der Waals surface area (Å²) in [4.78, 5) is 14.6. The van der Waals surface area contributed by atoms with E-state index in [-0.39, 0.29) is 30.1 Å². The highest BCUT2D eigenvalue weighted by atomic mass is 32.2. The molecule has 0 aliphatic carbocycles. The Kier molecular flexibility index (Phi) is 7.29. The third-order valence-corrected chi connectivity index (χ3v) is 5.51. The van der Waals surface area contributed by atoms with Crippen LogP contribution in [0.5, 0.6) is 11.5 Å². The van der Waals surface area contributed by atoms with Crippen LogP contribution in [-0.2, 0) is 16.6 Å². The fraction of sp³-hybridized carbons (Fsp3) is 0.381. The Morgan fingerprint density at radius 3 is 2.41 bits per heavy atom. The van der Waals surface area contributed by atoms with Crippen molar-refractivity contribution in [2.75, 3.05) is 19.3 Å². The largest absolute Gasteiger partial charge is 0.573 e. The third kappa shape index (κ3) is 7.13. The SMILES string of the molecule is CS(=O)(=O)NCc1ccccc1C(=O)N1CCC(Oc2cccc(OC(F)(F)F)c2)CC1. The number of nitrogens with zero attached hydrogens (tertiary/aromatic N) is 1. The second kappa shape index (κ2) is 9.78. The van der Waals surface area contributed by atoms with E-state index in [1.807, 2.05) is 0 Å². The lowest BCUT2D eigenvalue weighted by Gasteiger charge is -2.32. The molecule has 0 spiro atoms. The number of hydrogen-bond acceptors (Lipinski definition) is 5. The molecular weight excluding hydrogens is 449 g/mol. The van der Waals surface area contributed by atoms with Crippen molar-refractivity contribution in [1.82, 2.24) is 9.62 Å². The average Bonchev–Trinajstić information content (AvgIpc) is 2.71. The van der Waals surface area contributed by atoms with Crippen LogP contribution >= 0.6 is 0 Å². The number of likely N-dealkylation sites (tertiary alicyclic amines) is 1. The lowest BCUT2D eigenvalue weighted by atomic mass is 10.0. The maximum atomic E-state index is 13.0. The Morgan fingerprint density at radius 1 is 1.09 bits per heavy atom. The van der Waals surface area contributed by atoms with E-state index in [4.69, 9.17) is 4.74 Å². The zero-order chi connectivity index (χ0) is 23.4. The normalized spacial score (nSPS) is 15.4. The van der Waals surface area contributed by atoms with E-state index < -0.39 is 16.4 Å². The number of benzene rings is 2. The Hall–Kier alpha value is -2.79. The quantitative estimate of drug-likeness (QED) is 0.668. The van der Waals surface area contributed by atoms with Crippen molar-refractivity contribution in [3.8, 4) is 11.5 Å². The maximum Gasteiger partial charge on any atom is 0.573 e. The molecular formula is C21H23F3N2O5S. The summed E-state index contributed by atoms with van der Waals surface area (Å²) in [5, 5.41) is 0. The zero-order valence-corrected chi connectivity index (χ0v) is 18.1. The van der Waals surface area contributed by atoms with E-state index >= 15 is 0 Å². The number of nitrogens with one attached hydrogen (secondary N) is 1. The summed E-state index contributed by atoms with van der Waals surface area (Å²) >= 11 is 0. The first-order chi connectivity index (χ1) is 15.0. The van der Waals surface area contributed by atoms with Crippen molar-refractivity contribution in [2.24, 2.45) is 0 Å². The highest BCUT2D eigenvalue weighted by molar-refractivity contribution is 7.88. The van der Waals surface area contributed by atoms with Gasteiger partial charge in [0.05, 0.1) is 6.26 Å². The summed E-state index contributed by atoms with van der Waals surface area (Å²) < 4.78 is 72.0. The molecule has 0 radical (unpaired) electrons. The number of halogens is 3. The molecule has 2 aromatic carbocycles. The number of sulfonamides is 1. The van der Waals surface area contributed by atoms with Gasteiger partial charge in [-0.3, -0.25) is 4.79 Å². The molecule has 3 rings (SSSR count). The van der Waals surface area contributed by atoms with Crippen LogP contribution in [0.4, 0.5) is 13.2 Å². The molecule has 1 amide bonds. The molecule has 0 saturated carbocycles. The van der Waals surface area contributed by atoms with Crippen LogP contribution in [0.15, 0.2) is 48.5 Å². The number of carbonyl (C=O) groups excluding carboxylic acids is 1. The minimum atomic E-state index is -4.78. The summed E-state index contributed by atoms with van der Waals surface area (Å²) in [5.41, 5.74) is 0.989. The van der Waals surface area contributed by atoms with Crippen LogP contribution in [0.2, 0.25) is 0 Å². The summed E-state index contributed by atoms with van der Waals surface area (Å²) in [6.45, 7) is 0.808. The van der Waals surface area contributed by atoms with Crippen LogP contribution in [0.3, 0.4) is 0 Å². The van der Waals surface area contributed by atoms with Crippen molar-refractivity contribution < 1.29 is 35.9 Å². The molecule has 0 aromatic heterocycles. The fourth-order valence-corrected chi connectivity index (χ4v) is 3.79. The van der Waals surface area contributed by atoms with Crippen molar-refractivity contribution in [3.63, 3.8) is 0 Å². The number of amides is 1. The van der Waals surface area contributed by atoms with E-state index in [0.717, 1.165) is 6.26 Å². The van der Waals surface area contributed by atoms with Crippen molar-refractivity contribution in [1.29, 1.82) is 0 Å². The van der Waals surface area contributed by atoms with Gasteiger partial charge in [0.15, 0.2) is 0 Å². The molecule has 0 atom stereocenters. The molecule has 2 aromatic rings. The Labute approximate surface area is 184 Å². The Morgan fingerprint density at radius 2 is 1.75 bits per heavy atom. The topological polar surface area (TPSA) is 84.9 Å². The first kappa shape index (κ1) is 23.9. The lowest BCUT2D eigenvalue weighted by Crippen LogP contribution is -2.42. The number of hydrogen-bond donors (Lipinski definition) is 1. The summed E-state index contributed by atoms with van der Waals surface area (Å²) in [6, 6.07) is 12.1. The Balaban J connectivity index is 1.58. The fourth-order valence-electron chi connectivity index (χ4n) is 3.38. The van der Waals surface area contributed by atoms with Gasteiger partial charge in [0.2, 0.25) is 10.0 Å². The monoisotopic (exact) mass is 472 g/mol. The van der Waals surface area contributed by atoms with Crippen LogP contribution in [0, 0.1) is 0 Å². The first-order valence-corrected chi connectivity index (χ1v) is 11.7. The van der Waals surface area contributed by atoms with Crippen molar-refractivity contribution in [2.45, 2.75) is 31.9 Å². The third-order valence-electron chi connectivity index (χ3n) is 4.84.